The molecule has 1 fully saturated rings. The van der Waals surface area contributed by atoms with Gasteiger partial charge in [0, 0.05) is 24.0 Å². The molecule has 1 aliphatic carbocycles. The number of halogens is 4. The number of rotatable bonds is 8. The number of hydrogen-bond acceptors (Lipinski definition) is 7. The summed E-state index contributed by atoms with van der Waals surface area (Å²) >= 11 is 0. The molecule has 1 aromatic carbocycles. The van der Waals surface area contributed by atoms with Crippen LogP contribution in [0, 0.1) is 24.1 Å². The van der Waals surface area contributed by atoms with Gasteiger partial charge in [-0.15, -0.1) is 0 Å². The summed E-state index contributed by atoms with van der Waals surface area (Å²) in [5, 5.41) is 12.5. The lowest BCUT2D eigenvalue weighted by molar-refractivity contribution is 0.146. The molecule has 8 nitrogen and oxygen atoms in total. The van der Waals surface area contributed by atoms with Crippen molar-refractivity contribution < 1.29 is 22.3 Å². The van der Waals surface area contributed by atoms with E-state index in [0.717, 1.165) is 6.07 Å². The maximum atomic E-state index is 14.9. The van der Waals surface area contributed by atoms with Crippen molar-refractivity contribution >= 4 is 16.7 Å². The molecule has 1 aliphatic rings. The third-order valence-electron chi connectivity index (χ3n) is 6.71. The molecule has 0 aliphatic heterocycles. The third kappa shape index (κ3) is 4.76. The van der Waals surface area contributed by atoms with E-state index < -0.39 is 41.6 Å². The number of aromatic nitrogens is 4. The van der Waals surface area contributed by atoms with Crippen molar-refractivity contribution in [2.75, 3.05) is 12.0 Å². The highest BCUT2D eigenvalue weighted by Crippen LogP contribution is 2.44. The molecule has 1 saturated carbocycles. The molecule has 0 unspecified atom stereocenters. The van der Waals surface area contributed by atoms with E-state index in [2.05, 4.69) is 20.3 Å². The van der Waals surface area contributed by atoms with Gasteiger partial charge in [0.25, 0.3) is 12.0 Å². The van der Waals surface area contributed by atoms with E-state index >= 15 is 0 Å². The highest BCUT2D eigenvalue weighted by atomic mass is 19.3. The molecule has 4 aromatic rings. The number of hydrogen-bond donors (Lipinski definition) is 1. The van der Waals surface area contributed by atoms with Gasteiger partial charge in [-0.1, -0.05) is 18.2 Å². The zero-order valence-corrected chi connectivity index (χ0v) is 20.9. The Balaban J connectivity index is 1.67. The number of alkyl halides is 3. The molecule has 39 heavy (non-hydrogen) atoms. The van der Waals surface area contributed by atoms with Crippen molar-refractivity contribution in [3.05, 3.63) is 81.5 Å². The largest absolute Gasteiger partial charge is 0.449 e. The number of anilines is 1. The Hall–Kier alpha value is -4.53. The lowest BCUT2D eigenvalue weighted by Crippen LogP contribution is -2.32. The zero-order chi connectivity index (χ0) is 27.9. The maximum absolute atomic E-state index is 14.9. The number of fused-ring (bicyclic) bond motifs is 1. The summed E-state index contributed by atoms with van der Waals surface area (Å²) in [6, 6.07) is 7.63. The first-order valence-electron chi connectivity index (χ1n) is 12.0. The monoisotopic (exact) mass is 538 g/mol. The quantitative estimate of drug-likeness (QED) is 0.280. The van der Waals surface area contributed by atoms with Crippen molar-refractivity contribution in [3.8, 4) is 17.6 Å². The number of ether oxygens (including phenoxy) is 1. The second kappa shape index (κ2) is 9.98. The van der Waals surface area contributed by atoms with Crippen molar-refractivity contribution in [2.45, 2.75) is 44.7 Å². The molecule has 5 rings (SSSR count). The van der Waals surface area contributed by atoms with Gasteiger partial charge in [0.05, 0.1) is 22.5 Å². The van der Waals surface area contributed by atoms with Gasteiger partial charge in [0.2, 0.25) is 5.75 Å². The number of benzene rings is 1. The Labute approximate surface area is 219 Å². The summed E-state index contributed by atoms with van der Waals surface area (Å²) in [5.74, 6) is -0.696. The van der Waals surface area contributed by atoms with Gasteiger partial charge in [0.1, 0.15) is 47.2 Å². The van der Waals surface area contributed by atoms with E-state index in [1.807, 2.05) is 6.07 Å². The fourth-order valence-electron chi connectivity index (χ4n) is 4.42. The molecule has 0 bridgehead atoms. The van der Waals surface area contributed by atoms with Gasteiger partial charge in [0.15, 0.2) is 0 Å². The minimum Gasteiger partial charge on any atom is -0.449 e. The molecule has 200 valence electrons. The number of nitrogens with one attached hydrogen (secondary N) is 1. The Kier molecular flexibility index (Phi) is 6.68. The minimum atomic E-state index is -2.99. The van der Waals surface area contributed by atoms with E-state index in [9.17, 15) is 27.6 Å². The van der Waals surface area contributed by atoms with Crippen LogP contribution in [0.5, 0.6) is 11.5 Å². The molecular formula is C27H22F4N6O2. The summed E-state index contributed by atoms with van der Waals surface area (Å²) in [7, 11) is 0. The molecule has 0 radical (unpaired) electrons. The first-order valence-corrected chi connectivity index (χ1v) is 12.0. The average molecular weight is 539 g/mol. The average Bonchev–Trinajstić information content (AvgIpc) is 3.71. The predicted octanol–water partition coefficient (Wildman–Crippen LogP) is 5.87. The SMILES string of the molecule is Cc1nc(N[C@H](C)c2cccc(C(F)F)c2F)c2cn(C3(CF)CC3)c(=O)c(Oc3ccnc(C#N)c3)c2n1. The highest BCUT2D eigenvalue weighted by Gasteiger charge is 2.46. The Morgan fingerprint density at radius 3 is 2.64 bits per heavy atom. The molecule has 3 heterocycles. The van der Waals surface area contributed by atoms with Crippen LogP contribution in [-0.2, 0) is 5.54 Å². The third-order valence-corrected chi connectivity index (χ3v) is 6.71. The van der Waals surface area contributed by atoms with Crippen LogP contribution in [0.2, 0.25) is 0 Å². The molecule has 1 N–H and O–H groups in total. The summed E-state index contributed by atoms with van der Waals surface area (Å²) in [6.07, 6.45) is 0.654. The van der Waals surface area contributed by atoms with E-state index in [-0.39, 0.29) is 45.3 Å². The van der Waals surface area contributed by atoms with Gasteiger partial charge in [-0.3, -0.25) is 4.79 Å². The number of nitrogens with zero attached hydrogens (tertiary/aromatic N) is 5. The van der Waals surface area contributed by atoms with E-state index in [4.69, 9.17) is 4.74 Å². The standard InChI is InChI=1S/C27H22F4N6O2/c1-14(18-4-3-5-19(21(18)29)24(30)31)34-25-20-12-37(27(13-28)7-8-27)26(38)23(22(20)35-15(2)36-25)39-17-6-9-33-16(10-17)11-32/h3-6,9-10,12,14,24H,7-8,13H2,1-2H3,(H,34,35,36)/t14-/m1/s1. The van der Waals surface area contributed by atoms with Crippen LogP contribution in [0.3, 0.4) is 0 Å². The zero-order valence-electron chi connectivity index (χ0n) is 20.9. The normalized spacial score (nSPS) is 14.7. The topological polar surface area (TPSA) is 106 Å². The van der Waals surface area contributed by atoms with Crippen LogP contribution in [0.1, 0.15) is 54.9 Å². The lowest BCUT2D eigenvalue weighted by atomic mass is 10.0. The highest BCUT2D eigenvalue weighted by molar-refractivity contribution is 5.92. The van der Waals surface area contributed by atoms with E-state index in [0.29, 0.717) is 12.8 Å². The maximum Gasteiger partial charge on any atom is 0.296 e. The van der Waals surface area contributed by atoms with Gasteiger partial charge >= 0.3 is 0 Å². The first kappa shape index (κ1) is 26.1. The molecular weight excluding hydrogens is 516 g/mol. The molecule has 1 atom stereocenters. The van der Waals surface area contributed by atoms with Gasteiger partial charge in [-0.25, -0.2) is 32.5 Å². The van der Waals surface area contributed by atoms with Crippen LogP contribution in [0.4, 0.5) is 23.4 Å². The predicted molar refractivity (Wildman–Crippen MR) is 134 cm³/mol. The Morgan fingerprint density at radius 1 is 1.23 bits per heavy atom. The fourth-order valence-corrected chi connectivity index (χ4v) is 4.42. The van der Waals surface area contributed by atoms with Crippen LogP contribution < -0.4 is 15.6 Å². The van der Waals surface area contributed by atoms with Gasteiger partial charge < -0.3 is 14.6 Å². The summed E-state index contributed by atoms with van der Waals surface area (Å²) in [4.78, 5) is 26.3. The summed E-state index contributed by atoms with van der Waals surface area (Å²) < 4.78 is 62.7. The summed E-state index contributed by atoms with van der Waals surface area (Å²) in [5.41, 5.74) is -2.24. The van der Waals surface area contributed by atoms with E-state index in [1.54, 1.807) is 13.8 Å². The number of aryl methyl sites for hydroxylation is 1. The second-order valence-corrected chi connectivity index (χ2v) is 9.38. The number of nitriles is 1. The van der Waals surface area contributed by atoms with Crippen molar-refractivity contribution in [1.29, 1.82) is 5.26 Å². The molecule has 0 amide bonds. The Morgan fingerprint density at radius 2 is 1.97 bits per heavy atom. The van der Waals surface area contributed by atoms with Gasteiger partial charge in [-0.2, -0.15) is 5.26 Å². The van der Waals surface area contributed by atoms with Crippen LogP contribution in [0.25, 0.3) is 10.9 Å². The second-order valence-electron chi connectivity index (χ2n) is 9.38. The minimum absolute atomic E-state index is 0.00903. The van der Waals surface area contributed by atoms with Crippen LogP contribution in [0.15, 0.2) is 47.5 Å². The van der Waals surface area contributed by atoms with Crippen molar-refractivity contribution in [1.82, 2.24) is 19.5 Å². The van der Waals surface area contributed by atoms with Crippen LogP contribution >= 0.6 is 0 Å². The first-order chi connectivity index (χ1) is 18.7. The van der Waals surface area contributed by atoms with Crippen LogP contribution in [-0.4, -0.2) is 26.2 Å². The number of pyridine rings is 2. The van der Waals surface area contributed by atoms with E-state index in [1.165, 1.54) is 41.2 Å². The molecule has 3 aromatic heterocycles. The lowest BCUT2D eigenvalue weighted by Gasteiger charge is -2.21. The smallest absolute Gasteiger partial charge is 0.296 e. The summed E-state index contributed by atoms with van der Waals surface area (Å²) in [6.45, 7) is 2.37. The fraction of sp³-hybridized carbons (Fsp3) is 0.296. The van der Waals surface area contributed by atoms with Crippen molar-refractivity contribution in [3.63, 3.8) is 0 Å². The molecule has 12 heteroatoms. The molecule has 0 saturated heterocycles. The Bertz CT molecular complexity index is 1680. The van der Waals surface area contributed by atoms with Gasteiger partial charge in [-0.05, 0) is 32.8 Å². The van der Waals surface area contributed by atoms with Crippen molar-refractivity contribution in [2.24, 2.45) is 0 Å². The molecule has 0 spiro atoms.